The molecule has 1 unspecified atom stereocenters. The summed E-state index contributed by atoms with van der Waals surface area (Å²) in [6.07, 6.45) is 0.150. The number of carbonyl (C=O) groups is 1. The largest absolute Gasteiger partial charge is 0.403 e. The van der Waals surface area contributed by atoms with E-state index in [1.54, 1.807) is 0 Å². The Balaban J connectivity index is 3.65. The molecular formula is C5H12O6P2. The lowest BCUT2D eigenvalue weighted by Crippen LogP contribution is -2.04. The van der Waals surface area contributed by atoms with Crippen molar-refractivity contribution < 1.29 is 28.3 Å². The van der Waals surface area contributed by atoms with Crippen molar-refractivity contribution in [2.24, 2.45) is 5.92 Å². The van der Waals surface area contributed by atoms with Crippen LogP contribution in [0.25, 0.3) is 0 Å². The van der Waals surface area contributed by atoms with E-state index in [0.717, 1.165) is 0 Å². The van der Waals surface area contributed by atoms with Gasteiger partial charge in [-0.25, -0.2) is 4.31 Å². The van der Waals surface area contributed by atoms with Crippen LogP contribution < -0.4 is 0 Å². The summed E-state index contributed by atoms with van der Waals surface area (Å²) in [6, 6.07) is 0. The minimum absolute atomic E-state index is 0.112. The maximum Gasteiger partial charge on any atom is 0.403 e. The standard InChI is InChI=1S/C5H12O6P2/c1-4(2)3-5(6)10-13(9)11-12(7)8/h4,7-9H,3H2,1-2H3. The zero-order chi connectivity index (χ0) is 10.4. The number of hydrogen-bond acceptors (Lipinski definition) is 6. The molecule has 0 spiro atoms. The summed E-state index contributed by atoms with van der Waals surface area (Å²) in [5.74, 6) is -0.513. The van der Waals surface area contributed by atoms with Crippen molar-refractivity contribution in [3.05, 3.63) is 0 Å². The van der Waals surface area contributed by atoms with Gasteiger partial charge in [0.1, 0.15) is 0 Å². The zero-order valence-corrected chi connectivity index (χ0v) is 9.03. The molecule has 78 valence electrons. The molecule has 0 aliphatic rings. The molecule has 8 heteroatoms. The summed E-state index contributed by atoms with van der Waals surface area (Å²) < 4.78 is 8.38. The highest BCUT2D eigenvalue weighted by molar-refractivity contribution is 7.54. The maximum atomic E-state index is 10.8. The minimum atomic E-state index is -2.69. The third-order valence-corrected chi connectivity index (χ3v) is 2.40. The number of rotatable bonds is 5. The summed E-state index contributed by atoms with van der Waals surface area (Å²) in [6.45, 7) is 3.62. The third-order valence-electron chi connectivity index (χ3n) is 0.898. The monoisotopic (exact) mass is 230 g/mol. The van der Waals surface area contributed by atoms with E-state index in [4.69, 9.17) is 14.7 Å². The summed E-state index contributed by atoms with van der Waals surface area (Å²) in [5, 5.41) is 0. The normalized spacial score (nSPS) is 13.5. The first-order valence-corrected chi connectivity index (χ1v) is 5.77. The Bertz CT molecular complexity index is 161. The van der Waals surface area contributed by atoms with Crippen LogP contribution in [0.5, 0.6) is 0 Å². The van der Waals surface area contributed by atoms with Crippen LogP contribution >= 0.6 is 17.2 Å². The lowest BCUT2D eigenvalue weighted by molar-refractivity contribution is -0.135. The average Bonchev–Trinajstić information content (AvgIpc) is 1.80. The highest BCUT2D eigenvalue weighted by Crippen LogP contribution is 2.46. The second-order valence-corrected chi connectivity index (χ2v) is 4.45. The van der Waals surface area contributed by atoms with Gasteiger partial charge in [-0.05, 0) is 5.92 Å². The first kappa shape index (κ1) is 13.2. The molecule has 0 aliphatic heterocycles. The first-order valence-electron chi connectivity index (χ1n) is 3.47. The van der Waals surface area contributed by atoms with Crippen LogP contribution in [0.4, 0.5) is 0 Å². The van der Waals surface area contributed by atoms with Crippen LogP contribution in [-0.2, 0) is 13.6 Å². The van der Waals surface area contributed by atoms with Gasteiger partial charge in [-0.15, -0.1) is 0 Å². The highest BCUT2D eigenvalue weighted by atomic mass is 31.2. The van der Waals surface area contributed by atoms with Gasteiger partial charge in [-0.1, -0.05) is 13.8 Å². The molecule has 0 amide bonds. The average molecular weight is 230 g/mol. The fourth-order valence-electron chi connectivity index (χ4n) is 0.537. The van der Waals surface area contributed by atoms with Gasteiger partial charge in [0.05, 0.1) is 0 Å². The van der Waals surface area contributed by atoms with Crippen LogP contribution in [0.15, 0.2) is 0 Å². The molecule has 0 rings (SSSR count). The topological polar surface area (TPSA) is 96.2 Å². The van der Waals surface area contributed by atoms with Gasteiger partial charge >= 0.3 is 23.2 Å². The molecule has 0 aromatic heterocycles. The van der Waals surface area contributed by atoms with Crippen LogP contribution in [-0.4, -0.2) is 20.6 Å². The van der Waals surface area contributed by atoms with Crippen LogP contribution in [0.2, 0.25) is 0 Å². The molecule has 0 heterocycles. The van der Waals surface area contributed by atoms with Gasteiger partial charge in [0, 0.05) is 6.42 Å². The van der Waals surface area contributed by atoms with Crippen molar-refractivity contribution in [1.29, 1.82) is 0 Å². The van der Waals surface area contributed by atoms with Crippen molar-refractivity contribution in [2.45, 2.75) is 20.3 Å². The molecule has 0 saturated heterocycles. The smallest absolute Gasteiger partial charge is 0.394 e. The molecule has 13 heavy (non-hydrogen) atoms. The Kier molecular flexibility index (Phi) is 6.68. The van der Waals surface area contributed by atoms with Crippen molar-refractivity contribution in [2.75, 3.05) is 0 Å². The van der Waals surface area contributed by atoms with E-state index in [9.17, 15) is 4.79 Å². The predicted molar refractivity (Wildman–Crippen MR) is 47.1 cm³/mol. The van der Waals surface area contributed by atoms with E-state index < -0.39 is 23.2 Å². The van der Waals surface area contributed by atoms with E-state index >= 15 is 0 Å². The first-order chi connectivity index (χ1) is 5.91. The maximum absolute atomic E-state index is 10.8. The summed E-state index contributed by atoms with van der Waals surface area (Å²) in [7, 11) is -5.20. The second kappa shape index (κ2) is 6.60. The zero-order valence-electron chi connectivity index (χ0n) is 7.25. The van der Waals surface area contributed by atoms with Gasteiger partial charge in [0.25, 0.3) is 0 Å². The van der Waals surface area contributed by atoms with Gasteiger partial charge in [0.15, 0.2) is 0 Å². The molecule has 0 fully saturated rings. The van der Waals surface area contributed by atoms with Gasteiger partial charge < -0.3 is 19.2 Å². The molecular weight excluding hydrogens is 218 g/mol. The lowest BCUT2D eigenvalue weighted by atomic mass is 10.1. The van der Waals surface area contributed by atoms with E-state index in [0.29, 0.717) is 0 Å². The van der Waals surface area contributed by atoms with E-state index in [1.807, 2.05) is 13.8 Å². The Morgan fingerprint density at radius 2 is 1.92 bits per heavy atom. The van der Waals surface area contributed by atoms with Crippen molar-refractivity contribution >= 4 is 23.2 Å². The predicted octanol–water partition coefficient (Wildman–Crippen LogP) is 1.02. The number of hydrogen-bond donors (Lipinski definition) is 3. The fraction of sp³-hybridized carbons (Fsp3) is 0.800. The Labute approximate surface area is 78.5 Å². The van der Waals surface area contributed by atoms with Crippen molar-refractivity contribution in [3.8, 4) is 0 Å². The van der Waals surface area contributed by atoms with E-state index in [1.165, 1.54) is 0 Å². The van der Waals surface area contributed by atoms with E-state index in [-0.39, 0.29) is 12.3 Å². The molecule has 0 aromatic carbocycles. The lowest BCUT2D eigenvalue weighted by Gasteiger charge is -2.10. The molecule has 3 N–H and O–H groups in total. The number of carbonyl (C=O) groups excluding carboxylic acids is 1. The fourth-order valence-corrected chi connectivity index (χ4v) is 1.42. The SMILES string of the molecule is CC(C)CC(=O)OP(O)OP(O)O. The Hall–Kier alpha value is 0.170. The highest BCUT2D eigenvalue weighted by Gasteiger charge is 2.18. The minimum Gasteiger partial charge on any atom is -0.394 e. The Morgan fingerprint density at radius 3 is 2.31 bits per heavy atom. The quantitative estimate of drug-likeness (QED) is 0.610. The third kappa shape index (κ3) is 8.50. The molecule has 1 atom stereocenters. The molecule has 0 radical (unpaired) electrons. The van der Waals surface area contributed by atoms with Crippen LogP contribution in [0.1, 0.15) is 20.3 Å². The summed E-state index contributed by atoms with van der Waals surface area (Å²) in [5.41, 5.74) is 0. The molecule has 6 nitrogen and oxygen atoms in total. The summed E-state index contributed by atoms with van der Waals surface area (Å²) >= 11 is 0. The van der Waals surface area contributed by atoms with Crippen LogP contribution in [0, 0.1) is 5.92 Å². The molecule has 0 saturated carbocycles. The van der Waals surface area contributed by atoms with Crippen LogP contribution in [0.3, 0.4) is 0 Å². The molecule has 0 bridgehead atoms. The van der Waals surface area contributed by atoms with Gasteiger partial charge in [0.2, 0.25) is 0 Å². The molecule has 0 aliphatic carbocycles. The van der Waals surface area contributed by atoms with Gasteiger partial charge in [-0.3, -0.25) is 4.79 Å². The van der Waals surface area contributed by atoms with Crippen molar-refractivity contribution in [3.63, 3.8) is 0 Å². The van der Waals surface area contributed by atoms with Crippen molar-refractivity contribution in [1.82, 2.24) is 0 Å². The van der Waals surface area contributed by atoms with Gasteiger partial charge in [-0.2, -0.15) is 0 Å². The van der Waals surface area contributed by atoms with E-state index in [2.05, 4.69) is 8.83 Å². The second-order valence-electron chi connectivity index (χ2n) is 2.63. The summed E-state index contributed by atoms with van der Waals surface area (Å²) in [4.78, 5) is 36.2. The molecule has 0 aromatic rings. The Morgan fingerprint density at radius 1 is 1.38 bits per heavy atom.